The highest BCUT2D eigenvalue weighted by Crippen LogP contribution is 2.35. The van der Waals surface area contributed by atoms with E-state index in [0.29, 0.717) is 24.5 Å². The van der Waals surface area contributed by atoms with Gasteiger partial charge in [-0.2, -0.15) is 0 Å². The van der Waals surface area contributed by atoms with Gasteiger partial charge in [0.2, 0.25) is 12.7 Å². The molecule has 0 N–H and O–H groups in total. The van der Waals surface area contributed by atoms with Crippen LogP contribution in [-0.2, 0) is 21.1 Å². The van der Waals surface area contributed by atoms with Gasteiger partial charge < -0.3 is 14.4 Å². The van der Waals surface area contributed by atoms with E-state index in [0.717, 1.165) is 5.56 Å². The number of para-hydroxylation sites is 1. The maximum atomic E-state index is 12.6. The van der Waals surface area contributed by atoms with Crippen LogP contribution in [0.2, 0.25) is 0 Å². The fraction of sp³-hybridized carbons (Fsp3) is 0.533. The zero-order valence-corrected chi connectivity index (χ0v) is 13.3. The number of ether oxygens (including phenoxy) is 2. The van der Waals surface area contributed by atoms with Crippen LogP contribution in [0.3, 0.4) is 0 Å². The summed E-state index contributed by atoms with van der Waals surface area (Å²) in [6.45, 7) is 2.54. The number of carbonyl (C=O) groups excluding carboxylic acids is 1. The third kappa shape index (κ3) is 2.90. The van der Waals surface area contributed by atoms with Crippen molar-refractivity contribution in [2.75, 3.05) is 24.8 Å². The molecule has 0 saturated carbocycles. The molecule has 0 aliphatic carbocycles. The maximum absolute atomic E-state index is 12.6. The van der Waals surface area contributed by atoms with Gasteiger partial charge in [0.05, 0.1) is 17.9 Å². The van der Waals surface area contributed by atoms with Gasteiger partial charge in [0, 0.05) is 18.2 Å². The van der Waals surface area contributed by atoms with Crippen LogP contribution in [0.15, 0.2) is 18.2 Å². The second-order valence-corrected chi connectivity index (χ2v) is 7.79. The molecular formula is C15H19NO5S. The molecular weight excluding hydrogens is 306 g/mol. The van der Waals surface area contributed by atoms with Crippen molar-refractivity contribution in [3.8, 4) is 11.5 Å². The molecule has 7 heteroatoms. The lowest BCUT2D eigenvalue weighted by Crippen LogP contribution is -2.41. The van der Waals surface area contributed by atoms with Crippen molar-refractivity contribution in [3.05, 3.63) is 23.8 Å². The second-order valence-electron chi connectivity index (χ2n) is 5.56. The number of likely N-dealkylation sites (N-methyl/N-ethyl adjacent to an activating group) is 1. The van der Waals surface area contributed by atoms with E-state index in [4.69, 9.17) is 9.47 Å². The van der Waals surface area contributed by atoms with Crippen molar-refractivity contribution >= 4 is 15.7 Å². The summed E-state index contributed by atoms with van der Waals surface area (Å²) in [6, 6.07) is 5.26. The van der Waals surface area contributed by atoms with E-state index in [1.54, 1.807) is 11.0 Å². The normalized spacial score (nSPS) is 21.8. The molecule has 1 atom stereocenters. The molecule has 1 saturated heterocycles. The van der Waals surface area contributed by atoms with Crippen LogP contribution in [0.5, 0.6) is 11.5 Å². The molecule has 22 heavy (non-hydrogen) atoms. The number of benzene rings is 1. The van der Waals surface area contributed by atoms with E-state index >= 15 is 0 Å². The fourth-order valence-electron chi connectivity index (χ4n) is 3.05. The Hall–Kier alpha value is -1.76. The van der Waals surface area contributed by atoms with Crippen molar-refractivity contribution < 1.29 is 22.7 Å². The number of rotatable bonds is 4. The summed E-state index contributed by atoms with van der Waals surface area (Å²) >= 11 is 0. The number of sulfone groups is 1. The minimum Gasteiger partial charge on any atom is -0.454 e. The van der Waals surface area contributed by atoms with Crippen molar-refractivity contribution in [2.45, 2.75) is 25.8 Å². The lowest BCUT2D eigenvalue weighted by molar-refractivity contribution is -0.132. The summed E-state index contributed by atoms with van der Waals surface area (Å²) in [7, 11) is -3.01. The third-order valence-electron chi connectivity index (χ3n) is 4.13. The third-order valence-corrected chi connectivity index (χ3v) is 5.88. The number of hydrogen-bond donors (Lipinski definition) is 0. The molecule has 1 aromatic rings. The van der Waals surface area contributed by atoms with Crippen LogP contribution in [0, 0.1) is 0 Å². The number of hydrogen-bond acceptors (Lipinski definition) is 5. The van der Waals surface area contributed by atoms with E-state index in [1.807, 2.05) is 19.1 Å². The van der Waals surface area contributed by atoms with Gasteiger partial charge in [-0.05, 0) is 19.4 Å². The standard InChI is InChI=1S/C15H19NO5S/c1-2-16(12-6-7-22(18,19)9-12)14(17)8-11-4-3-5-13-15(11)21-10-20-13/h3-5,12H,2,6-10H2,1H3. The predicted octanol–water partition coefficient (Wildman–Crippen LogP) is 0.993. The second kappa shape index (κ2) is 5.79. The Morgan fingerprint density at radius 2 is 2.18 bits per heavy atom. The molecule has 2 heterocycles. The van der Waals surface area contributed by atoms with Crippen molar-refractivity contribution in [1.29, 1.82) is 0 Å². The Morgan fingerprint density at radius 1 is 1.36 bits per heavy atom. The van der Waals surface area contributed by atoms with Crippen LogP contribution >= 0.6 is 0 Å². The zero-order chi connectivity index (χ0) is 15.7. The molecule has 2 aliphatic heterocycles. The van der Waals surface area contributed by atoms with Crippen molar-refractivity contribution in [2.24, 2.45) is 0 Å². The highest BCUT2D eigenvalue weighted by atomic mass is 32.2. The summed E-state index contributed by atoms with van der Waals surface area (Å²) in [5.74, 6) is 1.43. The van der Waals surface area contributed by atoms with E-state index in [1.165, 1.54) is 0 Å². The summed E-state index contributed by atoms with van der Waals surface area (Å²) in [6.07, 6.45) is 0.714. The largest absolute Gasteiger partial charge is 0.454 e. The smallest absolute Gasteiger partial charge is 0.231 e. The van der Waals surface area contributed by atoms with Crippen molar-refractivity contribution in [1.82, 2.24) is 4.90 Å². The zero-order valence-electron chi connectivity index (χ0n) is 12.4. The summed E-state index contributed by atoms with van der Waals surface area (Å²) in [5, 5.41) is 0. The van der Waals surface area contributed by atoms with Gasteiger partial charge in [0.15, 0.2) is 21.3 Å². The lowest BCUT2D eigenvalue weighted by Gasteiger charge is -2.27. The average molecular weight is 325 g/mol. The van der Waals surface area contributed by atoms with E-state index in [-0.39, 0.29) is 36.7 Å². The average Bonchev–Trinajstić information content (AvgIpc) is 3.07. The van der Waals surface area contributed by atoms with Gasteiger partial charge in [0.25, 0.3) is 0 Å². The first-order valence-corrected chi connectivity index (χ1v) is 9.19. The maximum Gasteiger partial charge on any atom is 0.231 e. The Bertz CT molecular complexity index is 685. The van der Waals surface area contributed by atoms with Gasteiger partial charge in [-0.3, -0.25) is 4.79 Å². The molecule has 0 radical (unpaired) electrons. The van der Waals surface area contributed by atoms with E-state index in [9.17, 15) is 13.2 Å². The number of nitrogens with zero attached hydrogens (tertiary/aromatic N) is 1. The minimum atomic E-state index is -3.01. The lowest BCUT2D eigenvalue weighted by atomic mass is 10.1. The first kappa shape index (κ1) is 15.1. The summed E-state index contributed by atoms with van der Waals surface area (Å²) < 4.78 is 34.0. The van der Waals surface area contributed by atoms with Crippen LogP contribution in [0.4, 0.5) is 0 Å². The highest BCUT2D eigenvalue weighted by molar-refractivity contribution is 7.91. The molecule has 6 nitrogen and oxygen atoms in total. The molecule has 1 fully saturated rings. The van der Waals surface area contributed by atoms with Gasteiger partial charge in [-0.25, -0.2) is 8.42 Å². The highest BCUT2D eigenvalue weighted by Gasteiger charge is 2.34. The fourth-order valence-corrected chi connectivity index (χ4v) is 4.78. The number of carbonyl (C=O) groups is 1. The summed E-state index contributed by atoms with van der Waals surface area (Å²) in [4.78, 5) is 14.2. The molecule has 3 rings (SSSR count). The molecule has 1 amide bonds. The SMILES string of the molecule is CCN(C(=O)Cc1cccc2c1OCO2)C1CCS(=O)(=O)C1. The first-order chi connectivity index (χ1) is 10.5. The predicted molar refractivity (Wildman–Crippen MR) is 80.7 cm³/mol. The van der Waals surface area contributed by atoms with Crippen LogP contribution < -0.4 is 9.47 Å². The Balaban J connectivity index is 1.75. The molecule has 0 aromatic heterocycles. The van der Waals surface area contributed by atoms with Crippen LogP contribution in [-0.4, -0.2) is 50.1 Å². The van der Waals surface area contributed by atoms with Gasteiger partial charge >= 0.3 is 0 Å². The Labute approximate surface area is 129 Å². The Morgan fingerprint density at radius 3 is 2.86 bits per heavy atom. The van der Waals surface area contributed by atoms with E-state index < -0.39 is 9.84 Å². The molecule has 1 aromatic carbocycles. The Kier molecular flexibility index (Phi) is 3.99. The first-order valence-electron chi connectivity index (χ1n) is 7.37. The monoisotopic (exact) mass is 325 g/mol. The topological polar surface area (TPSA) is 72.9 Å². The van der Waals surface area contributed by atoms with E-state index in [2.05, 4.69) is 0 Å². The minimum absolute atomic E-state index is 0.0685. The van der Waals surface area contributed by atoms with Crippen molar-refractivity contribution in [3.63, 3.8) is 0 Å². The molecule has 120 valence electrons. The number of fused-ring (bicyclic) bond motifs is 1. The molecule has 0 bridgehead atoms. The van der Waals surface area contributed by atoms with Crippen LogP contribution in [0.25, 0.3) is 0 Å². The van der Waals surface area contributed by atoms with Crippen LogP contribution in [0.1, 0.15) is 18.9 Å². The van der Waals surface area contributed by atoms with Gasteiger partial charge in [-0.1, -0.05) is 12.1 Å². The molecule has 1 unspecified atom stereocenters. The van der Waals surface area contributed by atoms with Gasteiger partial charge in [0.1, 0.15) is 0 Å². The quantitative estimate of drug-likeness (QED) is 0.825. The van der Waals surface area contributed by atoms with Gasteiger partial charge in [-0.15, -0.1) is 0 Å². The summed E-state index contributed by atoms with van der Waals surface area (Å²) in [5.41, 5.74) is 0.777. The molecule has 2 aliphatic rings. The molecule has 0 spiro atoms. The number of amides is 1.